The van der Waals surface area contributed by atoms with Gasteiger partial charge < -0.3 is 19.5 Å². The average Bonchev–Trinajstić information content (AvgIpc) is 2.84. The lowest BCUT2D eigenvalue weighted by Crippen LogP contribution is -2.20. The molecule has 0 radical (unpaired) electrons. The van der Waals surface area contributed by atoms with Gasteiger partial charge in [0.15, 0.2) is 11.5 Å². The highest BCUT2D eigenvalue weighted by molar-refractivity contribution is 6.02. The van der Waals surface area contributed by atoms with Crippen LogP contribution in [0.25, 0.3) is 6.08 Å². The van der Waals surface area contributed by atoms with Crippen LogP contribution in [0.3, 0.4) is 0 Å². The van der Waals surface area contributed by atoms with Crippen molar-refractivity contribution in [3.8, 4) is 11.5 Å². The summed E-state index contributed by atoms with van der Waals surface area (Å²) < 4.78 is 16.8. The SMILES string of the molecule is COc1cc(/C=C/C(=O)Nc2ccc(C(=O)OC3CCCCC3)cc2)ccc1OCCC(C)C. The van der Waals surface area contributed by atoms with Gasteiger partial charge in [-0.25, -0.2) is 4.79 Å². The first kappa shape index (κ1) is 25.3. The number of nitrogens with one attached hydrogen (secondary N) is 1. The molecule has 1 N–H and O–H groups in total. The number of hydrogen-bond acceptors (Lipinski definition) is 5. The molecule has 0 bridgehead atoms. The van der Waals surface area contributed by atoms with E-state index in [-0.39, 0.29) is 18.0 Å². The van der Waals surface area contributed by atoms with Gasteiger partial charge in [-0.2, -0.15) is 0 Å². The molecule has 6 nitrogen and oxygen atoms in total. The van der Waals surface area contributed by atoms with Crippen LogP contribution < -0.4 is 14.8 Å². The van der Waals surface area contributed by atoms with E-state index in [1.165, 1.54) is 12.5 Å². The molecule has 1 amide bonds. The van der Waals surface area contributed by atoms with Gasteiger partial charge in [-0.15, -0.1) is 0 Å². The zero-order valence-corrected chi connectivity index (χ0v) is 20.3. The number of ether oxygens (including phenoxy) is 3. The molecule has 0 unspecified atom stereocenters. The summed E-state index contributed by atoms with van der Waals surface area (Å²) in [5, 5.41) is 2.80. The Balaban J connectivity index is 1.52. The fourth-order valence-corrected chi connectivity index (χ4v) is 3.76. The van der Waals surface area contributed by atoms with Crippen molar-refractivity contribution >= 4 is 23.6 Å². The second-order valence-electron chi connectivity index (χ2n) is 9.01. The molecule has 2 aromatic carbocycles. The standard InChI is InChI=1S/C28H35NO5/c1-20(2)17-18-33-25-15-9-21(19-26(25)32-3)10-16-27(30)29-23-13-11-22(12-14-23)28(31)34-24-7-5-4-6-8-24/h9-16,19-20,24H,4-8,17-18H2,1-3H3,(H,29,30)/b16-10+. The predicted octanol–water partition coefficient (Wildman–Crippen LogP) is 6.26. The van der Waals surface area contributed by atoms with Gasteiger partial charge in [-0.1, -0.05) is 26.3 Å². The fourth-order valence-electron chi connectivity index (χ4n) is 3.76. The quantitative estimate of drug-likeness (QED) is 0.331. The van der Waals surface area contributed by atoms with Crippen LogP contribution in [-0.2, 0) is 9.53 Å². The number of carbonyl (C=O) groups excluding carboxylic acids is 2. The Morgan fingerprint density at radius 1 is 1.03 bits per heavy atom. The summed E-state index contributed by atoms with van der Waals surface area (Å²) in [5.74, 6) is 1.30. The van der Waals surface area contributed by atoms with Gasteiger partial charge in [0.2, 0.25) is 5.91 Å². The molecule has 1 fully saturated rings. The largest absolute Gasteiger partial charge is 0.493 e. The highest BCUT2D eigenvalue weighted by Crippen LogP contribution is 2.29. The van der Waals surface area contributed by atoms with Gasteiger partial charge in [0.05, 0.1) is 19.3 Å². The Kier molecular flexibility index (Phi) is 9.56. The lowest BCUT2D eigenvalue weighted by atomic mass is 9.98. The van der Waals surface area contributed by atoms with Crippen molar-refractivity contribution < 1.29 is 23.8 Å². The maximum atomic E-state index is 12.3. The van der Waals surface area contributed by atoms with Crippen molar-refractivity contribution in [3.63, 3.8) is 0 Å². The molecule has 34 heavy (non-hydrogen) atoms. The highest BCUT2D eigenvalue weighted by Gasteiger charge is 2.18. The molecule has 0 aromatic heterocycles. The summed E-state index contributed by atoms with van der Waals surface area (Å²) in [6, 6.07) is 12.3. The number of benzene rings is 2. The van der Waals surface area contributed by atoms with Gasteiger partial charge in [-0.3, -0.25) is 4.79 Å². The topological polar surface area (TPSA) is 73.9 Å². The van der Waals surface area contributed by atoms with Gasteiger partial charge in [0.25, 0.3) is 0 Å². The van der Waals surface area contributed by atoms with E-state index < -0.39 is 0 Å². The van der Waals surface area contributed by atoms with E-state index >= 15 is 0 Å². The molecule has 0 aliphatic heterocycles. The van der Waals surface area contributed by atoms with Crippen molar-refractivity contribution in [1.82, 2.24) is 0 Å². The van der Waals surface area contributed by atoms with E-state index in [9.17, 15) is 9.59 Å². The zero-order valence-electron chi connectivity index (χ0n) is 20.3. The van der Waals surface area contributed by atoms with Gasteiger partial charge in [0.1, 0.15) is 6.10 Å². The molecule has 3 rings (SSSR count). The van der Waals surface area contributed by atoms with Crippen molar-refractivity contribution in [2.45, 2.75) is 58.5 Å². The van der Waals surface area contributed by atoms with Crippen molar-refractivity contribution in [2.24, 2.45) is 5.92 Å². The molecule has 1 saturated carbocycles. The summed E-state index contributed by atoms with van der Waals surface area (Å²) in [7, 11) is 1.60. The first-order valence-electron chi connectivity index (χ1n) is 12.1. The minimum atomic E-state index is -0.310. The molecule has 0 heterocycles. The lowest BCUT2D eigenvalue weighted by molar-refractivity contribution is -0.111. The Morgan fingerprint density at radius 2 is 1.76 bits per heavy atom. The smallest absolute Gasteiger partial charge is 0.338 e. The number of amides is 1. The molecule has 6 heteroatoms. The van der Waals surface area contributed by atoms with Gasteiger partial charge in [-0.05, 0) is 86.1 Å². The van der Waals surface area contributed by atoms with E-state index in [0.29, 0.717) is 35.3 Å². The second kappa shape index (κ2) is 12.8. The van der Waals surface area contributed by atoms with Crippen LogP contribution in [0.15, 0.2) is 48.5 Å². The molecule has 1 aliphatic rings. The number of methoxy groups -OCH3 is 1. The Bertz CT molecular complexity index is 975. The molecule has 0 spiro atoms. The second-order valence-corrected chi connectivity index (χ2v) is 9.01. The molecule has 0 atom stereocenters. The summed E-state index contributed by atoms with van der Waals surface area (Å²) in [6.07, 6.45) is 9.46. The van der Waals surface area contributed by atoms with E-state index in [2.05, 4.69) is 19.2 Å². The van der Waals surface area contributed by atoms with E-state index in [1.807, 2.05) is 18.2 Å². The van der Waals surface area contributed by atoms with Crippen molar-refractivity contribution in [2.75, 3.05) is 19.0 Å². The van der Waals surface area contributed by atoms with Crippen LogP contribution in [0, 0.1) is 5.92 Å². The maximum absolute atomic E-state index is 12.3. The third-order valence-electron chi connectivity index (χ3n) is 5.78. The molecule has 2 aromatic rings. The van der Waals surface area contributed by atoms with E-state index in [1.54, 1.807) is 37.5 Å². The minimum Gasteiger partial charge on any atom is -0.493 e. The Hall–Kier alpha value is -3.28. The number of rotatable bonds is 10. The van der Waals surface area contributed by atoms with E-state index in [4.69, 9.17) is 14.2 Å². The molecule has 0 saturated heterocycles. The van der Waals surface area contributed by atoms with Crippen molar-refractivity contribution in [1.29, 1.82) is 0 Å². The minimum absolute atomic E-state index is 0.0186. The first-order valence-corrected chi connectivity index (χ1v) is 12.1. The van der Waals surface area contributed by atoms with Crippen LogP contribution in [-0.4, -0.2) is 31.7 Å². The van der Waals surface area contributed by atoms with Gasteiger partial charge in [0, 0.05) is 11.8 Å². The zero-order chi connectivity index (χ0) is 24.3. The van der Waals surface area contributed by atoms with Crippen LogP contribution in [0.2, 0.25) is 0 Å². The number of esters is 1. The Morgan fingerprint density at radius 3 is 2.44 bits per heavy atom. The monoisotopic (exact) mass is 465 g/mol. The molecule has 182 valence electrons. The highest BCUT2D eigenvalue weighted by atomic mass is 16.5. The molecular weight excluding hydrogens is 430 g/mol. The summed E-state index contributed by atoms with van der Waals surface area (Å²) in [4.78, 5) is 24.7. The van der Waals surface area contributed by atoms with E-state index in [0.717, 1.165) is 37.7 Å². The maximum Gasteiger partial charge on any atom is 0.338 e. The average molecular weight is 466 g/mol. The fraction of sp³-hybridized carbons (Fsp3) is 0.429. The van der Waals surface area contributed by atoms with Crippen LogP contribution in [0.1, 0.15) is 68.3 Å². The lowest BCUT2D eigenvalue weighted by Gasteiger charge is -2.21. The van der Waals surface area contributed by atoms with Gasteiger partial charge >= 0.3 is 5.97 Å². The third-order valence-corrected chi connectivity index (χ3v) is 5.78. The molecular formula is C28H35NO5. The van der Waals surface area contributed by atoms with Crippen molar-refractivity contribution in [3.05, 3.63) is 59.7 Å². The third kappa shape index (κ3) is 7.94. The summed E-state index contributed by atoms with van der Waals surface area (Å²) in [5.41, 5.74) is 1.92. The summed E-state index contributed by atoms with van der Waals surface area (Å²) in [6.45, 7) is 4.93. The number of hydrogen-bond donors (Lipinski definition) is 1. The normalized spacial score (nSPS) is 14.2. The van der Waals surface area contributed by atoms with Crippen LogP contribution in [0.4, 0.5) is 5.69 Å². The predicted molar refractivity (Wildman–Crippen MR) is 134 cm³/mol. The number of carbonyl (C=O) groups is 2. The molecule has 1 aliphatic carbocycles. The number of anilines is 1. The Labute approximate surface area is 202 Å². The van der Waals surface area contributed by atoms with Crippen LogP contribution >= 0.6 is 0 Å². The first-order chi connectivity index (χ1) is 16.4. The van der Waals surface area contributed by atoms with Crippen LogP contribution in [0.5, 0.6) is 11.5 Å². The summed E-state index contributed by atoms with van der Waals surface area (Å²) >= 11 is 0.